The largest absolute Gasteiger partial charge is 0.135 e. The first-order valence-electron chi connectivity index (χ1n) is 6.70. The third-order valence-corrected chi connectivity index (χ3v) is 7.35. The van der Waals surface area contributed by atoms with Crippen LogP contribution >= 0.6 is 61.5 Å². The summed E-state index contributed by atoms with van der Waals surface area (Å²) in [5.74, 6) is 0. The quantitative estimate of drug-likeness (QED) is 0.186. The standard InChI is InChI=1S/C18H9BrClIS/c19-14-8-10(9-15(21)17(14)20)11-5-3-6-13-12-4-1-2-7-16(12)22-18(11)13/h1-9H. The zero-order chi connectivity index (χ0) is 15.3. The molecule has 3 aromatic carbocycles. The second-order valence-corrected chi connectivity index (χ2v) is 8.48. The van der Waals surface area contributed by atoms with Crippen molar-refractivity contribution >= 4 is 81.6 Å². The van der Waals surface area contributed by atoms with Crippen LogP contribution in [0.4, 0.5) is 0 Å². The summed E-state index contributed by atoms with van der Waals surface area (Å²) in [5, 5.41) is 3.42. The molecule has 0 unspecified atom stereocenters. The molecule has 0 radical (unpaired) electrons. The molecule has 0 aliphatic carbocycles. The summed E-state index contributed by atoms with van der Waals surface area (Å²) in [6, 6.07) is 19.3. The van der Waals surface area contributed by atoms with Gasteiger partial charge in [0.1, 0.15) is 0 Å². The van der Waals surface area contributed by atoms with Gasteiger partial charge in [0.2, 0.25) is 0 Å². The molecule has 0 saturated carbocycles. The lowest BCUT2D eigenvalue weighted by Crippen LogP contribution is -1.83. The molecule has 4 aromatic rings. The number of fused-ring (bicyclic) bond motifs is 3. The fourth-order valence-corrected chi connectivity index (χ4v) is 5.49. The Morgan fingerprint density at radius 1 is 0.955 bits per heavy atom. The molecule has 4 heteroatoms. The van der Waals surface area contributed by atoms with E-state index in [1.807, 2.05) is 11.3 Å². The third kappa shape index (κ3) is 2.39. The number of rotatable bonds is 1. The van der Waals surface area contributed by atoms with Gasteiger partial charge in [0, 0.05) is 28.2 Å². The Balaban J connectivity index is 2.07. The Morgan fingerprint density at radius 2 is 1.73 bits per heavy atom. The Bertz CT molecular complexity index is 999. The number of benzene rings is 3. The molecule has 0 N–H and O–H groups in total. The van der Waals surface area contributed by atoms with Gasteiger partial charge in [-0.25, -0.2) is 0 Å². The molecule has 0 saturated heterocycles. The lowest BCUT2D eigenvalue weighted by molar-refractivity contribution is 1.58. The number of hydrogen-bond donors (Lipinski definition) is 0. The summed E-state index contributed by atoms with van der Waals surface area (Å²) in [4.78, 5) is 0. The molecule has 0 nitrogen and oxygen atoms in total. The summed E-state index contributed by atoms with van der Waals surface area (Å²) in [7, 11) is 0. The average Bonchev–Trinajstić information content (AvgIpc) is 2.90. The van der Waals surface area contributed by atoms with Crippen molar-refractivity contribution in [3.8, 4) is 11.1 Å². The van der Waals surface area contributed by atoms with Crippen LogP contribution in [0.5, 0.6) is 0 Å². The van der Waals surface area contributed by atoms with Gasteiger partial charge in [0.15, 0.2) is 0 Å². The van der Waals surface area contributed by atoms with Crippen LogP contribution in [0.25, 0.3) is 31.3 Å². The van der Waals surface area contributed by atoms with E-state index in [4.69, 9.17) is 11.6 Å². The minimum absolute atomic E-state index is 0.771. The molecule has 108 valence electrons. The molecule has 0 aliphatic heterocycles. The lowest BCUT2D eigenvalue weighted by Gasteiger charge is -2.07. The van der Waals surface area contributed by atoms with Crippen LogP contribution in [0.2, 0.25) is 5.02 Å². The highest BCUT2D eigenvalue weighted by Gasteiger charge is 2.12. The van der Waals surface area contributed by atoms with Crippen molar-refractivity contribution in [2.75, 3.05) is 0 Å². The molecule has 0 aliphatic rings. The first-order valence-corrected chi connectivity index (χ1v) is 9.77. The van der Waals surface area contributed by atoms with E-state index >= 15 is 0 Å². The molecule has 0 amide bonds. The van der Waals surface area contributed by atoms with E-state index in [9.17, 15) is 0 Å². The molecular weight excluding hydrogens is 491 g/mol. The van der Waals surface area contributed by atoms with Crippen molar-refractivity contribution in [1.82, 2.24) is 0 Å². The Morgan fingerprint density at radius 3 is 2.55 bits per heavy atom. The van der Waals surface area contributed by atoms with E-state index in [0.29, 0.717) is 0 Å². The SMILES string of the molecule is Clc1c(Br)cc(-c2cccc3c2sc2ccccc23)cc1I. The van der Waals surface area contributed by atoms with Crippen LogP contribution in [0.3, 0.4) is 0 Å². The monoisotopic (exact) mass is 498 g/mol. The van der Waals surface area contributed by atoms with Crippen LogP contribution in [0.1, 0.15) is 0 Å². The highest BCUT2D eigenvalue weighted by Crippen LogP contribution is 2.41. The van der Waals surface area contributed by atoms with Gasteiger partial charge >= 0.3 is 0 Å². The number of halogens is 3. The van der Waals surface area contributed by atoms with E-state index in [-0.39, 0.29) is 0 Å². The smallest absolute Gasteiger partial charge is 0.0681 e. The number of hydrogen-bond acceptors (Lipinski definition) is 1. The maximum absolute atomic E-state index is 6.27. The molecule has 22 heavy (non-hydrogen) atoms. The van der Waals surface area contributed by atoms with Crippen LogP contribution in [-0.4, -0.2) is 0 Å². The van der Waals surface area contributed by atoms with Gasteiger partial charge in [-0.15, -0.1) is 11.3 Å². The zero-order valence-corrected chi connectivity index (χ0v) is 16.6. The van der Waals surface area contributed by atoms with Crippen molar-refractivity contribution in [1.29, 1.82) is 0 Å². The molecule has 0 bridgehead atoms. The van der Waals surface area contributed by atoms with E-state index in [0.717, 1.165) is 13.1 Å². The minimum Gasteiger partial charge on any atom is -0.135 e. The highest BCUT2D eigenvalue weighted by atomic mass is 127. The van der Waals surface area contributed by atoms with Gasteiger partial charge in [-0.05, 0) is 67.8 Å². The first kappa shape index (κ1) is 14.9. The topological polar surface area (TPSA) is 0 Å². The second kappa shape index (κ2) is 5.78. The molecule has 1 aromatic heterocycles. The van der Waals surface area contributed by atoms with Crippen molar-refractivity contribution in [2.45, 2.75) is 0 Å². The fourth-order valence-electron chi connectivity index (χ4n) is 2.69. The summed E-state index contributed by atoms with van der Waals surface area (Å²) in [6.07, 6.45) is 0. The maximum Gasteiger partial charge on any atom is 0.0681 e. The summed E-state index contributed by atoms with van der Waals surface area (Å²) < 4.78 is 4.65. The van der Waals surface area contributed by atoms with Crippen molar-refractivity contribution < 1.29 is 0 Å². The van der Waals surface area contributed by atoms with Crippen molar-refractivity contribution in [2.24, 2.45) is 0 Å². The van der Waals surface area contributed by atoms with Crippen molar-refractivity contribution in [3.05, 3.63) is 67.7 Å². The summed E-state index contributed by atoms with van der Waals surface area (Å²) in [6.45, 7) is 0. The van der Waals surface area contributed by atoms with E-state index in [1.165, 1.54) is 31.3 Å². The van der Waals surface area contributed by atoms with E-state index in [2.05, 4.69) is 93.1 Å². The second-order valence-electron chi connectivity index (χ2n) is 5.03. The van der Waals surface area contributed by atoms with Crippen LogP contribution < -0.4 is 0 Å². The normalized spacial score (nSPS) is 11.4. The van der Waals surface area contributed by atoms with Crippen LogP contribution in [0.15, 0.2) is 59.1 Å². The van der Waals surface area contributed by atoms with E-state index < -0.39 is 0 Å². The van der Waals surface area contributed by atoms with Gasteiger partial charge < -0.3 is 0 Å². The van der Waals surface area contributed by atoms with Crippen LogP contribution in [-0.2, 0) is 0 Å². The van der Waals surface area contributed by atoms with Gasteiger partial charge in [-0.3, -0.25) is 0 Å². The minimum atomic E-state index is 0.771. The predicted molar refractivity (Wildman–Crippen MR) is 110 cm³/mol. The molecule has 0 fully saturated rings. The number of thiophene rings is 1. The Kier molecular flexibility index (Phi) is 3.93. The molecule has 4 rings (SSSR count). The van der Waals surface area contributed by atoms with Gasteiger partial charge in [-0.1, -0.05) is 48.0 Å². The zero-order valence-electron chi connectivity index (χ0n) is 11.2. The third-order valence-electron chi connectivity index (χ3n) is 3.70. The van der Waals surface area contributed by atoms with Gasteiger partial charge in [-0.2, -0.15) is 0 Å². The summed E-state index contributed by atoms with van der Waals surface area (Å²) in [5.41, 5.74) is 2.45. The molecular formula is C18H9BrClIS. The Labute approximate surface area is 159 Å². The van der Waals surface area contributed by atoms with Gasteiger partial charge in [0.05, 0.1) is 5.02 Å². The maximum atomic E-state index is 6.27. The fraction of sp³-hybridized carbons (Fsp3) is 0. The predicted octanol–water partition coefficient (Wildman–Crippen LogP) is 7.74. The molecule has 0 spiro atoms. The van der Waals surface area contributed by atoms with E-state index in [1.54, 1.807) is 0 Å². The lowest BCUT2D eigenvalue weighted by atomic mass is 10.0. The molecule has 0 atom stereocenters. The average molecular weight is 500 g/mol. The van der Waals surface area contributed by atoms with Crippen LogP contribution in [0, 0.1) is 3.57 Å². The van der Waals surface area contributed by atoms with Gasteiger partial charge in [0.25, 0.3) is 0 Å². The molecule has 1 heterocycles. The first-order chi connectivity index (χ1) is 10.6. The Hall–Kier alpha value is -0.620. The summed E-state index contributed by atoms with van der Waals surface area (Å²) >= 11 is 14.0. The highest BCUT2D eigenvalue weighted by molar-refractivity contribution is 14.1. The van der Waals surface area contributed by atoms with Crippen molar-refractivity contribution in [3.63, 3.8) is 0 Å².